The highest BCUT2D eigenvalue weighted by Gasteiger charge is 2.21. The van der Waals surface area contributed by atoms with Crippen LogP contribution in [0.2, 0.25) is 0 Å². The van der Waals surface area contributed by atoms with Gasteiger partial charge in [0.2, 0.25) is 0 Å². The summed E-state index contributed by atoms with van der Waals surface area (Å²) in [5.74, 6) is -1.10. The van der Waals surface area contributed by atoms with Crippen molar-refractivity contribution < 1.29 is 19.1 Å². The molecule has 2 aliphatic rings. The lowest BCUT2D eigenvalue weighted by Crippen LogP contribution is -2.25. The van der Waals surface area contributed by atoms with Crippen molar-refractivity contribution in [1.29, 1.82) is 0 Å². The Hall–Kier alpha value is -2.84. The second-order valence-electron chi connectivity index (χ2n) is 4.03. The van der Waals surface area contributed by atoms with Crippen LogP contribution < -0.4 is 11.0 Å². The van der Waals surface area contributed by atoms with E-state index in [-0.39, 0.29) is 30.0 Å². The van der Waals surface area contributed by atoms with Gasteiger partial charge in [-0.25, -0.2) is 9.89 Å². The first-order valence-electron chi connectivity index (χ1n) is 6.15. The fourth-order valence-corrected chi connectivity index (χ4v) is 1.75. The molecule has 0 fully saturated rings. The van der Waals surface area contributed by atoms with Crippen LogP contribution in [-0.4, -0.2) is 47.1 Å². The number of hydrogen-bond donors (Lipinski definition) is 2. The molecule has 2 rings (SSSR count). The van der Waals surface area contributed by atoms with Crippen LogP contribution in [0.5, 0.6) is 0 Å². The fourth-order valence-electron chi connectivity index (χ4n) is 1.75. The maximum atomic E-state index is 11.7. The van der Waals surface area contributed by atoms with Gasteiger partial charge in [-0.05, 0) is 6.92 Å². The second-order valence-corrected chi connectivity index (χ2v) is 4.03. The summed E-state index contributed by atoms with van der Waals surface area (Å²) in [6.07, 6.45) is 2.81. The topological polar surface area (TPSA) is 115 Å². The average Bonchev–Trinajstić information content (AvgIpc) is 2.85. The van der Waals surface area contributed by atoms with E-state index in [0.29, 0.717) is 0 Å². The number of nitrogens with zero attached hydrogens (tertiary/aromatic N) is 2. The van der Waals surface area contributed by atoms with Crippen molar-refractivity contribution in [2.45, 2.75) is 6.92 Å². The molecule has 0 aromatic rings. The highest BCUT2D eigenvalue weighted by molar-refractivity contribution is 5.96. The number of ether oxygens (including phenoxy) is 2. The number of rotatable bonds is 5. The van der Waals surface area contributed by atoms with E-state index < -0.39 is 17.5 Å². The number of fused-ring (bicyclic) bond motifs is 1. The van der Waals surface area contributed by atoms with Gasteiger partial charge in [-0.2, -0.15) is 5.10 Å². The molecule has 0 aromatic carbocycles. The molecule has 0 bridgehead atoms. The smallest absolute Gasteiger partial charge is 0.341 e. The molecule has 0 atom stereocenters. The van der Waals surface area contributed by atoms with Crippen LogP contribution in [0.1, 0.15) is 17.3 Å². The molecule has 2 aliphatic heterocycles. The first-order chi connectivity index (χ1) is 10.1. The molecular weight excluding hydrogens is 280 g/mol. The van der Waals surface area contributed by atoms with E-state index in [2.05, 4.69) is 20.4 Å². The largest absolute Gasteiger partial charge is 0.465 e. The van der Waals surface area contributed by atoms with Gasteiger partial charge in [0.25, 0.3) is 5.56 Å². The molecule has 112 valence electrons. The van der Waals surface area contributed by atoms with Crippen LogP contribution in [0, 0.1) is 0 Å². The Balaban J connectivity index is 2.33. The zero-order valence-electron chi connectivity index (χ0n) is 11.5. The number of H-pyrrole nitrogens is 1. The molecule has 0 radical (unpaired) electrons. The van der Waals surface area contributed by atoms with Crippen molar-refractivity contribution in [3.05, 3.63) is 28.3 Å². The number of nitrogens with one attached hydrogen (secondary N) is 2. The van der Waals surface area contributed by atoms with Crippen molar-refractivity contribution in [2.24, 2.45) is 0 Å². The monoisotopic (exact) mass is 294 g/mol. The van der Waals surface area contributed by atoms with Gasteiger partial charge >= 0.3 is 11.9 Å². The minimum atomic E-state index is -0.640. The van der Waals surface area contributed by atoms with Gasteiger partial charge in [-0.3, -0.25) is 14.3 Å². The van der Waals surface area contributed by atoms with Crippen molar-refractivity contribution in [1.82, 2.24) is 14.9 Å². The van der Waals surface area contributed by atoms with Gasteiger partial charge in [-0.15, -0.1) is 0 Å². The summed E-state index contributed by atoms with van der Waals surface area (Å²) in [6, 6.07) is 0. The van der Waals surface area contributed by atoms with Crippen molar-refractivity contribution in [2.75, 3.05) is 25.7 Å². The normalized spacial score (nSPS) is 10.4. The molecule has 9 heteroatoms. The van der Waals surface area contributed by atoms with E-state index in [9.17, 15) is 14.4 Å². The third-order valence-electron chi connectivity index (χ3n) is 2.68. The highest BCUT2D eigenvalue weighted by atomic mass is 16.5. The molecule has 21 heavy (non-hydrogen) atoms. The highest BCUT2D eigenvalue weighted by Crippen LogP contribution is 2.19. The Bertz CT molecular complexity index is 689. The molecule has 2 N–H and O–H groups in total. The van der Waals surface area contributed by atoms with E-state index in [0.717, 1.165) is 0 Å². The molecule has 0 saturated carbocycles. The minimum Gasteiger partial charge on any atom is -0.465 e. The Morgan fingerprint density at radius 1 is 1.43 bits per heavy atom. The first kappa shape index (κ1) is 14.6. The van der Waals surface area contributed by atoms with Crippen LogP contribution in [0.15, 0.2) is 17.2 Å². The molecule has 0 amide bonds. The minimum absolute atomic E-state index is 0.102. The predicted molar refractivity (Wildman–Crippen MR) is 71.7 cm³/mol. The number of aromatic amines is 1. The fraction of sp³-hybridized carbons (Fsp3) is 0.333. The predicted octanol–water partition coefficient (Wildman–Crippen LogP) is -0.431. The molecule has 2 heterocycles. The van der Waals surface area contributed by atoms with Crippen LogP contribution in [0.4, 0.5) is 0 Å². The summed E-state index contributed by atoms with van der Waals surface area (Å²) in [6.45, 7) is 1.85. The summed E-state index contributed by atoms with van der Waals surface area (Å²) in [5.41, 5.74) is 2.78. The van der Waals surface area contributed by atoms with Crippen molar-refractivity contribution >= 4 is 11.9 Å². The van der Waals surface area contributed by atoms with Gasteiger partial charge in [0.1, 0.15) is 17.8 Å². The quantitative estimate of drug-likeness (QED) is 0.719. The summed E-state index contributed by atoms with van der Waals surface area (Å²) < 4.78 is 10.7. The number of methoxy groups -OCH3 is 1. The second kappa shape index (κ2) is 6.07. The maximum absolute atomic E-state index is 11.7. The summed E-state index contributed by atoms with van der Waals surface area (Å²) in [5, 5.41) is 6.04. The lowest BCUT2D eigenvalue weighted by atomic mass is 10.1. The Labute approximate surface area is 119 Å². The van der Waals surface area contributed by atoms with E-state index >= 15 is 0 Å². The van der Waals surface area contributed by atoms with Crippen molar-refractivity contribution in [3.8, 4) is 11.3 Å². The number of esters is 2. The van der Waals surface area contributed by atoms with Crippen LogP contribution >= 0.6 is 0 Å². The standard InChI is InChI=1S/C12H14N4O5/c1-3-21-9(17)4-13-16-5-7-10(14-15-11(7)18)8(6-16)12(19)20-2/h5-6,13H,3-4H2,1-2H3,(H,15,18). The molecule has 0 aliphatic carbocycles. The van der Waals surface area contributed by atoms with E-state index in [4.69, 9.17) is 4.74 Å². The molecule has 0 unspecified atom stereocenters. The van der Waals surface area contributed by atoms with E-state index in [1.54, 1.807) is 6.92 Å². The third kappa shape index (κ3) is 3.02. The van der Waals surface area contributed by atoms with Gasteiger partial charge in [0.05, 0.1) is 19.3 Å². The number of carbonyl (C=O) groups excluding carboxylic acids is 2. The number of aromatic nitrogens is 3. The van der Waals surface area contributed by atoms with Gasteiger partial charge in [0, 0.05) is 12.4 Å². The summed E-state index contributed by atoms with van der Waals surface area (Å²) in [7, 11) is 1.22. The maximum Gasteiger partial charge on any atom is 0.341 e. The lowest BCUT2D eigenvalue weighted by Gasteiger charge is -2.13. The number of pyridine rings is 1. The molecule has 0 saturated heterocycles. The van der Waals surface area contributed by atoms with Gasteiger partial charge < -0.3 is 14.9 Å². The summed E-state index contributed by atoms with van der Waals surface area (Å²) in [4.78, 5) is 34.7. The van der Waals surface area contributed by atoms with E-state index in [1.165, 1.54) is 24.2 Å². The van der Waals surface area contributed by atoms with Gasteiger partial charge in [-0.1, -0.05) is 0 Å². The van der Waals surface area contributed by atoms with Crippen molar-refractivity contribution in [3.63, 3.8) is 0 Å². The van der Waals surface area contributed by atoms with Crippen LogP contribution in [-0.2, 0) is 14.3 Å². The Morgan fingerprint density at radius 3 is 2.86 bits per heavy atom. The Morgan fingerprint density at radius 2 is 2.19 bits per heavy atom. The third-order valence-corrected chi connectivity index (χ3v) is 2.68. The first-order valence-corrected chi connectivity index (χ1v) is 6.15. The zero-order valence-corrected chi connectivity index (χ0v) is 11.5. The average molecular weight is 294 g/mol. The molecular formula is C12H14N4O5. The Kier molecular flexibility index (Phi) is 4.21. The molecule has 9 nitrogen and oxygen atoms in total. The number of carbonyl (C=O) groups is 2. The van der Waals surface area contributed by atoms with Crippen LogP contribution in [0.3, 0.4) is 0 Å². The van der Waals surface area contributed by atoms with E-state index in [1.807, 2.05) is 0 Å². The number of hydrogen-bond acceptors (Lipinski definition) is 7. The lowest BCUT2D eigenvalue weighted by molar-refractivity contribution is -0.141. The zero-order chi connectivity index (χ0) is 15.4. The molecule has 0 spiro atoms. The SMILES string of the molecule is CCOC(=O)CNn1cc(C(=O)OC)c2n[nH]c(=O)c-2c1. The van der Waals surface area contributed by atoms with Gasteiger partial charge in [0.15, 0.2) is 0 Å². The molecule has 0 aromatic heterocycles. The summed E-state index contributed by atoms with van der Waals surface area (Å²) >= 11 is 0. The van der Waals surface area contributed by atoms with Crippen LogP contribution in [0.25, 0.3) is 11.3 Å².